The van der Waals surface area contributed by atoms with Gasteiger partial charge >= 0.3 is 11.8 Å². The molecule has 1 aromatic carbocycles. The molecule has 0 unspecified atom stereocenters. The van der Waals surface area contributed by atoms with Crippen LogP contribution in [0.3, 0.4) is 0 Å². The number of piperazine rings is 1. The Balaban J connectivity index is 1.76. The van der Waals surface area contributed by atoms with E-state index in [0.717, 1.165) is 18.4 Å². The fraction of sp³-hybridized carbons (Fsp3) is 0.550. The van der Waals surface area contributed by atoms with Gasteiger partial charge in [-0.25, -0.2) is 0 Å². The van der Waals surface area contributed by atoms with Crippen LogP contribution in [0.25, 0.3) is 0 Å². The first-order valence-electron chi connectivity index (χ1n) is 9.36. The molecule has 142 valence electrons. The Hall–Kier alpha value is -2.37. The Morgan fingerprint density at radius 3 is 2.04 bits per heavy atom. The first-order valence-corrected chi connectivity index (χ1v) is 9.36. The molecule has 0 radical (unpaired) electrons. The fourth-order valence-electron chi connectivity index (χ4n) is 2.98. The highest BCUT2D eigenvalue weighted by Gasteiger charge is 2.27. The van der Waals surface area contributed by atoms with Crippen molar-refractivity contribution in [2.75, 3.05) is 26.2 Å². The van der Waals surface area contributed by atoms with E-state index in [1.807, 2.05) is 13.8 Å². The highest BCUT2D eigenvalue weighted by atomic mass is 16.2. The topological polar surface area (TPSA) is 69.7 Å². The van der Waals surface area contributed by atoms with Crippen molar-refractivity contribution in [3.8, 4) is 0 Å². The Morgan fingerprint density at radius 1 is 0.962 bits per heavy atom. The second-order valence-electron chi connectivity index (χ2n) is 6.97. The van der Waals surface area contributed by atoms with E-state index in [9.17, 15) is 14.4 Å². The molecule has 26 heavy (non-hydrogen) atoms. The maximum atomic E-state index is 12.4. The molecule has 2 rings (SSSR count). The minimum atomic E-state index is -0.574. The van der Waals surface area contributed by atoms with Gasteiger partial charge in [-0.2, -0.15) is 0 Å². The van der Waals surface area contributed by atoms with E-state index in [1.54, 1.807) is 4.90 Å². The van der Waals surface area contributed by atoms with E-state index in [4.69, 9.17) is 0 Å². The zero-order valence-corrected chi connectivity index (χ0v) is 16.0. The summed E-state index contributed by atoms with van der Waals surface area (Å²) in [5.74, 6) is -0.986. The van der Waals surface area contributed by atoms with Gasteiger partial charge in [0.05, 0.1) is 0 Å². The lowest BCUT2D eigenvalue weighted by atomic mass is 10.1. The van der Waals surface area contributed by atoms with Crippen LogP contribution in [0.2, 0.25) is 0 Å². The summed E-state index contributed by atoms with van der Waals surface area (Å²) in [4.78, 5) is 39.6. The molecule has 3 amide bonds. The molecule has 6 heteroatoms. The second kappa shape index (κ2) is 9.36. The molecule has 0 atom stereocenters. The normalized spacial score (nSPS) is 14.5. The highest BCUT2D eigenvalue weighted by molar-refractivity contribution is 6.35. The third-order valence-corrected chi connectivity index (χ3v) is 4.59. The van der Waals surface area contributed by atoms with E-state index in [0.29, 0.717) is 32.6 Å². The third kappa shape index (κ3) is 5.58. The number of benzene rings is 1. The van der Waals surface area contributed by atoms with E-state index in [-0.39, 0.29) is 11.9 Å². The summed E-state index contributed by atoms with van der Waals surface area (Å²) in [7, 11) is 0. The monoisotopic (exact) mass is 359 g/mol. The number of amides is 3. The summed E-state index contributed by atoms with van der Waals surface area (Å²) in [5.41, 5.74) is 2.46. The number of aryl methyl sites for hydroxylation is 2. The largest absolute Gasteiger partial charge is 0.346 e. The van der Waals surface area contributed by atoms with Crippen LogP contribution in [0.1, 0.15) is 38.3 Å². The SMILES string of the molecule is CCc1ccc(CCC(=O)N2CCN(C(=O)C(=O)NC(C)C)CC2)cc1. The molecular weight excluding hydrogens is 330 g/mol. The van der Waals surface area contributed by atoms with Crippen LogP contribution in [0.4, 0.5) is 0 Å². The maximum absolute atomic E-state index is 12.4. The Morgan fingerprint density at radius 2 is 1.50 bits per heavy atom. The summed E-state index contributed by atoms with van der Waals surface area (Å²) in [6.45, 7) is 7.52. The second-order valence-corrected chi connectivity index (χ2v) is 6.97. The Bertz CT molecular complexity index is 632. The van der Waals surface area contributed by atoms with Crippen LogP contribution in [0.5, 0.6) is 0 Å². The molecule has 1 saturated heterocycles. The van der Waals surface area contributed by atoms with Gasteiger partial charge in [0, 0.05) is 38.6 Å². The Kier molecular flexibility index (Phi) is 7.18. The number of nitrogens with one attached hydrogen (secondary N) is 1. The lowest BCUT2D eigenvalue weighted by Gasteiger charge is -2.34. The van der Waals surface area contributed by atoms with Gasteiger partial charge in [0.1, 0.15) is 0 Å². The molecule has 1 N–H and O–H groups in total. The van der Waals surface area contributed by atoms with Crippen LogP contribution in [-0.2, 0) is 27.2 Å². The van der Waals surface area contributed by atoms with Crippen molar-refractivity contribution in [3.63, 3.8) is 0 Å². The predicted octanol–water partition coefficient (Wildman–Crippen LogP) is 1.38. The van der Waals surface area contributed by atoms with Gasteiger partial charge in [-0.15, -0.1) is 0 Å². The van der Waals surface area contributed by atoms with Crippen LogP contribution >= 0.6 is 0 Å². The molecular formula is C20H29N3O3. The average Bonchev–Trinajstić information content (AvgIpc) is 2.65. The van der Waals surface area contributed by atoms with Crippen LogP contribution in [-0.4, -0.2) is 59.7 Å². The molecule has 0 saturated carbocycles. The number of rotatable bonds is 5. The van der Waals surface area contributed by atoms with Gasteiger partial charge in [0.2, 0.25) is 5.91 Å². The zero-order valence-electron chi connectivity index (χ0n) is 16.0. The molecule has 1 aromatic rings. The molecule has 1 aliphatic heterocycles. The number of carbonyl (C=O) groups excluding carboxylic acids is 3. The van der Waals surface area contributed by atoms with Gasteiger partial charge in [-0.05, 0) is 37.8 Å². The van der Waals surface area contributed by atoms with E-state index in [2.05, 4.69) is 36.5 Å². The van der Waals surface area contributed by atoms with Crippen molar-refractivity contribution in [1.29, 1.82) is 0 Å². The van der Waals surface area contributed by atoms with Crippen molar-refractivity contribution >= 4 is 17.7 Å². The number of nitrogens with zero attached hydrogens (tertiary/aromatic N) is 2. The van der Waals surface area contributed by atoms with Gasteiger partial charge in [0.15, 0.2) is 0 Å². The zero-order chi connectivity index (χ0) is 19.1. The molecule has 1 aliphatic rings. The predicted molar refractivity (Wildman–Crippen MR) is 101 cm³/mol. The molecule has 0 aliphatic carbocycles. The van der Waals surface area contributed by atoms with Gasteiger partial charge in [-0.1, -0.05) is 31.2 Å². The molecule has 0 aromatic heterocycles. The minimum absolute atomic E-state index is 0.0688. The summed E-state index contributed by atoms with van der Waals surface area (Å²) in [6.07, 6.45) is 2.20. The number of hydrogen-bond acceptors (Lipinski definition) is 3. The lowest BCUT2D eigenvalue weighted by Crippen LogP contribution is -2.54. The van der Waals surface area contributed by atoms with Crippen molar-refractivity contribution in [3.05, 3.63) is 35.4 Å². The van der Waals surface area contributed by atoms with Crippen LogP contribution < -0.4 is 5.32 Å². The molecule has 1 heterocycles. The van der Waals surface area contributed by atoms with Crippen molar-refractivity contribution in [2.24, 2.45) is 0 Å². The summed E-state index contributed by atoms with van der Waals surface area (Å²) in [6, 6.07) is 8.30. The Labute approximate surface area is 155 Å². The third-order valence-electron chi connectivity index (χ3n) is 4.59. The first kappa shape index (κ1) is 19.9. The van der Waals surface area contributed by atoms with Crippen LogP contribution in [0.15, 0.2) is 24.3 Å². The lowest BCUT2D eigenvalue weighted by molar-refractivity contribution is -0.148. The van der Waals surface area contributed by atoms with E-state index < -0.39 is 11.8 Å². The highest BCUT2D eigenvalue weighted by Crippen LogP contribution is 2.10. The molecule has 6 nitrogen and oxygen atoms in total. The first-order chi connectivity index (χ1) is 12.4. The maximum Gasteiger partial charge on any atom is 0.312 e. The van der Waals surface area contributed by atoms with Crippen molar-refractivity contribution in [1.82, 2.24) is 15.1 Å². The molecule has 0 spiro atoms. The van der Waals surface area contributed by atoms with E-state index in [1.165, 1.54) is 10.5 Å². The van der Waals surface area contributed by atoms with Gasteiger partial charge in [-0.3, -0.25) is 14.4 Å². The number of hydrogen-bond donors (Lipinski definition) is 1. The van der Waals surface area contributed by atoms with E-state index >= 15 is 0 Å². The van der Waals surface area contributed by atoms with Crippen molar-refractivity contribution in [2.45, 2.75) is 46.1 Å². The van der Waals surface area contributed by atoms with Crippen molar-refractivity contribution < 1.29 is 14.4 Å². The quantitative estimate of drug-likeness (QED) is 0.808. The van der Waals surface area contributed by atoms with Crippen LogP contribution in [0, 0.1) is 0 Å². The summed E-state index contributed by atoms with van der Waals surface area (Å²) >= 11 is 0. The average molecular weight is 359 g/mol. The number of carbonyl (C=O) groups is 3. The smallest absolute Gasteiger partial charge is 0.312 e. The minimum Gasteiger partial charge on any atom is -0.346 e. The molecule has 1 fully saturated rings. The summed E-state index contributed by atoms with van der Waals surface area (Å²) in [5, 5.41) is 2.61. The fourth-order valence-corrected chi connectivity index (χ4v) is 2.98. The summed E-state index contributed by atoms with van der Waals surface area (Å²) < 4.78 is 0. The standard InChI is InChI=1S/C20H29N3O3/c1-4-16-5-7-17(8-6-16)9-10-18(24)22-11-13-23(14-12-22)20(26)19(25)21-15(2)3/h5-8,15H,4,9-14H2,1-3H3,(H,21,25). The van der Waals surface area contributed by atoms with Gasteiger partial charge in [0.25, 0.3) is 0 Å². The van der Waals surface area contributed by atoms with Gasteiger partial charge < -0.3 is 15.1 Å². The molecule has 0 bridgehead atoms.